The minimum Gasteiger partial charge on any atom is -0.413 e. The van der Waals surface area contributed by atoms with Crippen LogP contribution in [0.1, 0.15) is 12.5 Å². The monoisotopic (exact) mass is 436 g/mol. The maximum absolute atomic E-state index is 13.8. The summed E-state index contributed by atoms with van der Waals surface area (Å²) in [6, 6.07) is 3.89. The van der Waals surface area contributed by atoms with Crippen molar-refractivity contribution in [1.29, 1.82) is 0 Å². The fraction of sp³-hybridized carbons (Fsp3) is 0.312. The molecule has 12 heteroatoms. The molecule has 3 N–H and O–H groups in total. The van der Waals surface area contributed by atoms with Crippen LogP contribution in [0.2, 0.25) is 0 Å². The van der Waals surface area contributed by atoms with Gasteiger partial charge in [0.1, 0.15) is 5.82 Å². The zero-order valence-electron chi connectivity index (χ0n) is 15.1. The molecule has 0 spiro atoms. The van der Waals surface area contributed by atoms with Gasteiger partial charge in [-0.05, 0) is 18.6 Å². The van der Waals surface area contributed by atoms with Crippen LogP contribution in [0.3, 0.4) is 0 Å². The first-order valence-corrected chi connectivity index (χ1v) is 9.56. The van der Waals surface area contributed by atoms with Crippen molar-refractivity contribution in [2.75, 3.05) is 18.5 Å². The summed E-state index contributed by atoms with van der Waals surface area (Å²) >= 11 is 1.88. The summed E-state index contributed by atoms with van der Waals surface area (Å²) < 4.78 is 27.5. The van der Waals surface area contributed by atoms with Crippen molar-refractivity contribution in [3.8, 4) is 0 Å². The average molecular weight is 436 g/mol. The largest absolute Gasteiger partial charge is 1.00 e. The summed E-state index contributed by atoms with van der Waals surface area (Å²) in [7, 11) is 0. The van der Waals surface area contributed by atoms with E-state index in [0.717, 1.165) is 29.2 Å². The molecule has 0 aliphatic carbocycles. The van der Waals surface area contributed by atoms with Crippen LogP contribution in [0.5, 0.6) is 0 Å². The van der Waals surface area contributed by atoms with E-state index in [1.54, 1.807) is 6.92 Å². The van der Waals surface area contributed by atoms with Crippen LogP contribution in [-0.2, 0) is 5.75 Å². The zero-order chi connectivity index (χ0) is 19.6. The number of hydrogen-bond acceptors (Lipinski definition) is 8. The van der Waals surface area contributed by atoms with Crippen LogP contribution in [0.25, 0.3) is 10.3 Å². The summed E-state index contributed by atoms with van der Waals surface area (Å²) in [6.45, 7) is 0.818. The molecule has 0 radical (unpaired) electrons. The number of thiazole rings is 1. The molecule has 0 aliphatic rings. The molecule has 28 heavy (non-hydrogen) atoms. The molecule has 144 valence electrons. The van der Waals surface area contributed by atoms with Crippen molar-refractivity contribution < 1.29 is 48.6 Å². The number of aliphatic hydroxyl groups is 2. The molecule has 0 aliphatic heterocycles. The first kappa shape index (κ1) is 23.2. The third kappa shape index (κ3) is 5.09. The molecule has 0 saturated heterocycles. The van der Waals surface area contributed by atoms with Crippen LogP contribution >= 0.6 is 23.1 Å². The van der Waals surface area contributed by atoms with Gasteiger partial charge in [0.05, 0.1) is 28.6 Å². The first-order valence-electron chi connectivity index (χ1n) is 7.76. The fourth-order valence-corrected chi connectivity index (χ4v) is 3.65. The summed E-state index contributed by atoms with van der Waals surface area (Å²) in [5.74, 6) is -1.58. The van der Waals surface area contributed by atoms with E-state index >= 15 is 0 Å². The molecule has 0 saturated carbocycles. The molecule has 0 unspecified atom stereocenters. The summed E-state index contributed by atoms with van der Waals surface area (Å²) in [6.07, 6.45) is 0. The van der Waals surface area contributed by atoms with E-state index in [-0.39, 0.29) is 70.7 Å². The van der Waals surface area contributed by atoms with E-state index in [2.05, 4.69) is 20.3 Å². The van der Waals surface area contributed by atoms with Crippen molar-refractivity contribution in [3.63, 3.8) is 0 Å². The molecular weight excluding hydrogens is 421 g/mol. The first-order chi connectivity index (χ1) is 12.8. The standard InChI is InChI=1S/C16H16F2N4O3S2.Na/c1-16(6-23,7-24)22-13-11-12(21-15(25)27-11)19-14(20-13)26-5-8-3-2-4-9(17)10(8)18;/h2-4,23-24H,5-7H2,1H3,(H2,19,20,21,22,25);/q;+1/p-1. The van der Waals surface area contributed by atoms with E-state index in [9.17, 15) is 23.8 Å². The molecule has 3 rings (SSSR count). The van der Waals surface area contributed by atoms with Gasteiger partial charge in [-0.15, -0.1) is 11.8 Å². The number of aliphatic hydroxyl groups excluding tert-OH is 2. The molecule has 2 aromatic heterocycles. The van der Waals surface area contributed by atoms with Gasteiger partial charge in [-0.3, -0.25) is 4.79 Å². The Labute approximate surface area is 188 Å². The Hall–Kier alpha value is -1.08. The van der Waals surface area contributed by atoms with Gasteiger partial charge in [-0.25, -0.2) is 13.8 Å². The van der Waals surface area contributed by atoms with Gasteiger partial charge in [0.2, 0.25) is 4.87 Å². The average Bonchev–Trinajstić information content (AvgIpc) is 3.03. The Morgan fingerprint density at radius 3 is 2.68 bits per heavy atom. The van der Waals surface area contributed by atoms with Gasteiger partial charge < -0.3 is 25.5 Å². The maximum atomic E-state index is 13.8. The number of nitrogens with zero attached hydrogens (tertiary/aromatic N) is 3. The number of anilines is 1. The van der Waals surface area contributed by atoms with Gasteiger partial charge in [0.25, 0.3) is 0 Å². The molecule has 0 atom stereocenters. The number of thioether (sulfide) groups is 1. The van der Waals surface area contributed by atoms with Crippen molar-refractivity contribution in [2.24, 2.45) is 0 Å². The van der Waals surface area contributed by atoms with Crippen LogP contribution in [-0.4, -0.2) is 38.9 Å². The van der Waals surface area contributed by atoms with Gasteiger partial charge in [0, 0.05) is 11.3 Å². The van der Waals surface area contributed by atoms with Crippen molar-refractivity contribution in [2.45, 2.75) is 23.4 Å². The molecule has 3 aromatic rings. The van der Waals surface area contributed by atoms with E-state index in [4.69, 9.17) is 0 Å². The zero-order valence-corrected chi connectivity index (χ0v) is 18.7. The van der Waals surface area contributed by atoms with E-state index in [0.29, 0.717) is 4.70 Å². The minimum atomic E-state index is -1.08. The van der Waals surface area contributed by atoms with E-state index in [1.807, 2.05) is 0 Å². The summed E-state index contributed by atoms with van der Waals surface area (Å²) in [4.78, 5) is 23.4. The molecular formula is C16H15F2N4NaO3S2. The Kier molecular flexibility index (Phi) is 7.97. The molecule has 0 amide bonds. The van der Waals surface area contributed by atoms with Gasteiger partial charge in [0.15, 0.2) is 11.6 Å². The summed E-state index contributed by atoms with van der Waals surface area (Å²) in [5, 5.41) is 22.1. The summed E-state index contributed by atoms with van der Waals surface area (Å²) in [5.41, 5.74) is -0.773. The number of nitrogens with one attached hydrogen (secondary N) is 1. The molecule has 0 bridgehead atoms. The Bertz CT molecular complexity index is 1030. The number of rotatable bonds is 7. The van der Waals surface area contributed by atoms with Gasteiger partial charge >= 0.3 is 29.6 Å². The molecule has 7 nitrogen and oxygen atoms in total. The Balaban J connectivity index is 0.00000280. The topological polar surface area (TPSA) is 109 Å². The molecule has 0 fully saturated rings. The normalized spacial score (nSPS) is 11.5. The second-order valence-electron chi connectivity index (χ2n) is 5.99. The molecule has 2 heterocycles. The van der Waals surface area contributed by atoms with Crippen LogP contribution in [0, 0.1) is 11.6 Å². The van der Waals surface area contributed by atoms with Crippen molar-refractivity contribution >= 4 is 39.3 Å². The van der Waals surface area contributed by atoms with Gasteiger partial charge in [-0.1, -0.05) is 23.5 Å². The second kappa shape index (κ2) is 9.61. The molecule has 1 aromatic carbocycles. The maximum Gasteiger partial charge on any atom is 1.00 e. The smallest absolute Gasteiger partial charge is 0.413 e. The second-order valence-corrected chi connectivity index (χ2v) is 7.89. The number of benzene rings is 1. The SMILES string of the molecule is CC(CO)(CO)Nc1nc(SCc2cccc(F)c2F)nc2[n-]c(=O)sc12.[Na+]. The number of aromatic nitrogens is 3. The van der Waals surface area contributed by atoms with Crippen LogP contribution in [0.15, 0.2) is 28.2 Å². The predicted octanol–water partition coefficient (Wildman–Crippen LogP) is -1.26. The van der Waals surface area contributed by atoms with Crippen molar-refractivity contribution in [1.82, 2.24) is 15.0 Å². The number of fused-ring (bicyclic) bond motifs is 1. The quantitative estimate of drug-likeness (QED) is 0.239. The fourth-order valence-electron chi connectivity index (χ4n) is 2.15. The Morgan fingerprint density at radius 2 is 2.00 bits per heavy atom. The van der Waals surface area contributed by atoms with Crippen LogP contribution < -0.4 is 44.7 Å². The predicted molar refractivity (Wildman–Crippen MR) is 99.1 cm³/mol. The number of hydrogen-bond donors (Lipinski definition) is 3. The van der Waals surface area contributed by atoms with E-state index < -0.39 is 22.0 Å². The Morgan fingerprint density at radius 1 is 1.29 bits per heavy atom. The van der Waals surface area contributed by atoms with Gasteiger partial charge in [-0.2, -0.15) is 0 Å². The van der Waals surface area contributed by atoms with Crippen molar-refractivity contribution in [3.05, 3.63) is 45.1 Å². The van der Waals surface area contributed by atoms with E-state index in [1.165, 1.54) is 12.1 Å². The minimum absolute atomic E-state index is 0. The van der Waals surface area contributed by atoms with Crippen LogP contribution in [0.4, 0.5) is 14.6 Å². The third-order valence-electron chi connectivity index (χ3n) is 3.72. The number of halogens is 2. The third-order valence-corrected chi connectivity index (χ3v) is 5.46.